The number of amides is 2. The summed E-state index contributed by atoms with van der Waals surface area (Å²) in [5.74, 6) is -1.24. The van der Waals surface area contributed by atoms with Crippen molar-refractivity contribution in [1.29, 1.82) is 0 Å². The number of halogens is 2. The SMILES string of the molecule is CNCC(C)C(=O)NCC(=O)Nc1cccc(F)c1.Cl. The zero-order chi connectivity index (χ0) is 14.3. The Kier molecular flexibility index (Phi) is 8.51. The van der Waals surface area contributed by atoms with Gasteiger partial charge in [0.2, 0.25) is 11.8 Å². The lowest BCUT2D eigenvalue weighted by Gasteiger charge is -2.11. The summed E-state index contributed by atoms with van der Waals surface area (Å²) in [7, 11) is 1.75. The minimum Gasteiger partial charge on any atom is -0.347 e. The van der Waals surface area contributed by atoms with Gasteiger partial charge in [-0.2, -0.15) is 0 Å². The molecule has 0 saturated carbocycles. The van der Waals surface area contributed by atoms with E-state index in [4.69, 9.17) is 0 Å². The van der Waals surface area contributed by atoms with Crippen molar-refractivity contribution >= 4 is 29.9 Å². The molecule has 0 spiro atoms. The topological polar surface area (TPSA) is 70.2 Å². The van der Waals surface area contributed by atoms with Gasteiger partial charge < -0.3 is 16.0 Å². The number of anilines is 1. The highest BCUT2D eigenvalue weighted by Crippen LogP contribution is 2.08. The van der Waals surface area contributed by atoms with Gasteiger partial charge in [0.1, 0.15) is 5.82 Å². The molecule has 1 aromatic carbocycles. The summed E-state index contributed by atoms with van der Waals surface area (Å²) in [5.41, 5.74) is 0.363. The van der Waals surface area contributed by atoms with Crippen molar-refractivity contribution in [2.24, 2.45) is 5.92 Å². The summed E-state index contributed by atoms with van der Waals surface area (Å²) in [4.78, 5) is 23.1. The standard InChI is InChI=1S/C13H18FN3O2.ClH/c1-9(7-15-2)13(19)16-8-12(18)17-11-5-3-4-10(14)6-11;/h3-6,9,15H,7-8H2,1-2H3,(H,16,19)(H,17,18);1H. The Morgan fingerprint density at radius 1 is 1.35 bits per heavy atom. The quantitative estimate of drug-likeness (QED) is 0.738. The van der Waals surface area contributed by atoms with E-state index in [0.29, 0.717) is 12.2 Å². The van der Waals surface area contributed by atoms with E-state index in [1.165, 1.54) is 18.2 Å². The zero-order valence-corrected chi connectivity index (χ0v) is 12.2. The molecule has 0 aliphatic rings. The fourth-order valence-corrected chi connectivity index (χ4v) is 1.51. The average molecular weight is 304 g/mol. The first-order chi connectivity index (χ1) is 9.02. The first kappa shape index (κ1) is 18.3. The highest BCUT2D eigenvalue weighted by Gasteiger charge is 2.12. The van der Waals surface area contributed by atoms with Crippen LogP contribution in [-0.2, 0) is 9.59 Å². The Morgan fingerprint density at radius 2 is 2.05 bits per heavy atom. The van der Waals surface area contributed by atoms with E-state index in [-0.39, 0.29) is 30.8 Å². The van der Waals surface area contributed by atoms with Gasteiger partial charge >= 0.3 is 0 Å². The van der Waals surface area contributed by atoms with Crippen LogP contribution in [0.5, 0.6) is 0 Å². The minimum absolute atomic E-state index is 0. The van der Waals surface area contributed by atoms with Gasteiger partial charge in [-0.3, -0.25) is 9.59 Å². The maximum Gasteiger partial charge on any atom is 0.243 e. The Morgan fingerprint density at radius 3 is 2.65 bits per heavy atom. The normalized spacial score (nSPS) is 11.2. The molecule has 0 aliphatic heterocycles. The molecule has 0 heterocycles. The summed E-state index contributed by atoms with van der Waals surface area (Å²) in [6, 6.07) is 5.57. The number of hydrogen-bond donors (Lipinski definition) is 3. The maximum atomic E-state index is 12.9. The van der Waals surface area contributed by atoms with Gasteiger partial charge in [-0.25, -0.2) is 4.39 Å². The lowest BCUT2D eigenvalue weighted by molar-refractivity contribution is -0.126. The average Bonchev–Trinajstić information content (AvgIpc) is 2.36. The van der Waals surface area contributed by atoms with E-state index >= 15 is 0 Å². The molecule has 0 aliphatic carbocycles. The van der Waals surface area contributed by atoms with Gasteiger partial charge in [-0.15, -0.1) is 12.4 Å². The van der Waals surface area contributed by atoms with Crippen LogP contribution < -0.4 is 16.0 Å². The van der Waals surface area contributed by atoms with Crippen molar-refractivity contribution in [1.82, 2.24) is 10.6 Å². The largest absolute Gasteiger partial charge is 0.347 e. The first-order valence-electron chi connectivity index (χ1n) is 6.00. The third-order valence-electron chi connectivity index (χ3n) is 2.49. The third kappa shape index (κ3) is 6.49. The molecule has 112 valence electrons. The number of carbonyl (C=O) groups is 2. The summed E-state index contributed by atoms with van der Waals surface area (Å²) < 4.78 is 12.9. The Labute approximate surface area is 123 Å². The van der Waals surface area contributed by atoms with Crippen LogP contribution in [-0.4, -0.2) is 32.0 Å². The molecule has 20 heavy (non-hydrogen) atoms. The fraction of sp³-hybridized carbons (Fsp3) is 0.385. The smallest absolute Gasteiger partial charge is 0.243 e. The number of benzene rings is 1. The van der Waals surface area contributed by atoms with Crippen molar-refractivity contribution in [3.8, 4) is 0 Å². The molecule has 0 bridgehead atoms. The van der Waals surface area contributed by atoms with Crippen LogP contribution in [0.3, 0.4) is 0 Å². The summed E-state index contributed by atoms with van der Waals surface area (Å²) in [6.07, 6.45) is 0. The van der Waals surface area contributed by atoms with E-state index in [2.05, 4.69) is 16.0 Å². The van der Waals surface area contributed by atoms with Gasteiger partial charge in [0, 0.05) is 18.2 Å². The minimum atomic E-state index is -0.426. The Bertz CT molecular complexity index is 457. The second kappa shape index (κ2) is 9.28. The van der Waals surface area contributed by atoms with Gasteiger partial charge in [-0.1, -0.05) is 13.0 Å². The predicted octanol–water partition coefficient (Wildman–Crippen LogP) is 1.16. The number of hydrogen-bond acceptors (Lipinski definition) is 3. The molecular weight excluding hydrogens is 285 g/mol. The van der Waals surface area contributed by atoms with E-state index in [1.54, 1.807) is 20.0 Å². The maximum absolute atomic E-state index is 12.9. The van der Waals surface area contributed by atoms with Gasteiger partial charge in [0.15, 0.2) is 0 Å². The lowest BCUT2D eigenvalue weighted by Crippen LogP contribution is -2.38. The van der Waals surface area contributed by atoms with Crippen molar-refractivity contribution in [2.75, 3.05) is 25.5 Å². The molecular formula is C13H19ClFN3O2. The van der Waals surface area contributed by atoms with E-state index in [1.807, 2.05) is 0 Å². The van der Waals surface area contributed by atoms with Gasteiger partial charge in [0.05, 0.1) is 6.54 Å². The van der Waals surface area contributed by atoms with E-state index in [9.17, 15) is 14.0 Å². The van der Waals surface area contributed by atoms with Gasteiger partial charge in [-0.05, 0) is 25.2 Å². The highest BCUT2D eigenvalue weighted by molar-refractivity contribution is 5.94. The predicted molar refractivity (Wildman–Crippen MR) is 78.4 cm³/mol. The highest BCUT2D eigenvalue weighted by atomic mass is 35.5. The second-order valence-corrected chi connectivity index (χ2v) is 4.24. The van der Waals surface area contributed by atoms with Crippen LogP contribution in [0.15, 0.2) is 24.3 Å². The van der Waals surface area contributed by atoms with Crippen LogP contribution in [0.1, 0.15) is 6.92 Å². The summed E-state index contributed by atoms with van der Waals surface area (Å²) in [5, 5.41) is 7.90. The van der Waals surface area contributed by atoms with Crippen LogP contribution in [0.2, 0.25) is 0 Å². The number of rotatable bonds is 6. The molecule has 0 radical (unpaired) electrons. The van der Waals surface area contributed by atoms with E-state index in [0.717, 1.165) is 0 Å². The molecule has 1 atom stereocenters. The molecule has 0 fully saturated rings. The third-order valence-corrected chi connectivity index (χ3v) is 2.49. The zero-order valence-electron chi connectivity index (χ0n) is 11.4. The van der Waals surface area contributed by atoms with Crippen molar-refractivity contribution in [3.05, 3.63) is 30.1 Å². The van der Waals surface area contributed by atoms with Crippen molar-refractivity contribution in [3.63, 3.8) is 0 Å². The fourth-order valence-electron chi connectivity index (χ4n) is 1.51. The molecule has 5 nitrogen and oxygen atoms in total. The molecule has 1 rings (SSSR count). The molecule has 3 N–H and O–H groups in total. The van der Waals surface area contributed by atoms with Crippen LogP contribution in [0, 0.1) is 11.7 Å². The molecule has 2 amide bonds. The lowest BCUT2D eigenvalue weighted by atomic mass is 10.1. The Hall–Kier alpha value is -1.66. The van der Waals surface area contributed by atoms with Crippen LogP contribution in [0.25, 0.3) is 0 Å². The molecule has 0 aromatic heterocycles. The molecule has 1 unspecified atom stereocenters. The van der Waals surface area contributed by atoms with Crippen LogP contribution >= 0.6 is 12.4 Å². The van der Waals surface area contributed by atoms with Crippen LogP contribution in [0.4, 0.5) is 10.1 Å². The molecule has 7 heteroatoms. The molecule has 0 saturated heterocycles. The van der Waals surface area contributed by atoms with Crippen molar-refractivity contribution in [2.45, 2.75) is 6.92 Å². The number of carbonyl (C=O) groups excluding carboxylic acids is 2. The molecule has 1 aromatic rings. The van der Waals surface area contributed by atoms with E-state index < -0.39 is 11.7 Å². The van der Waals surface area contributed by atoms with Gasteiger partial charge in [0.25, 0.3) is 0 Å². The number of nitrogens with one attached hydrogen (secondary N) is 3. The Balaban J connectivity index is 0.00000361. The first-order valence-corrected chi connectivity index (χ1v) is 6.00. The van der Waals surface area contributed by atoms with Crippen molar-refractivity contribution < 1.29 is 14.0 Å². The summed E-state index contributed by atoms with van der Waals surface area (Å²) in [6.45, 7) is 2.16. The summed E-state index contributed by atoms with van der Waals surface area (Å²) >= 11 is 0. The monoisotopic (exact) mass is 303 g/mol. The second-order valence-electron chi connectivity index (χ2n) is 4.24.